The Morgan fingerprint density at radius 3 is 2.63 bits per heavy atom. The lowest BCUT2D eigenvalue weighted by molar-refractivity contribution is -0.142. The second-order valence-electron chi connectivity index (χ2n) is 3.55. The van der Waals surface area contributed by atoms with Gasteiger partial charge in [-0.1, -0.05) is 0 Å². The lowest BCUT2D eigenvalue weighted by atomic mass is 10.3. The van der Waals surface area contributed by atoms with E-state index in [0.29, 0.717) is 0 Å². The number of carbonyl (C=O) groups is 1. The smallest absolute Gasteiger partial charge is 0.312 e. The first-order valence-electron chi connectivity index (χ1n) is 5.39. The molecule has 2 rings (SSSR count). The van der Waals surface area contributed by atoms with Crippen molar-refractivity contribution in [1.29, 1.82) is 0 Å². The zero-order chi connectivity index (χ0) is 14.0. The van der Waals surface area contributed by atoms with Gasteiger partial charge in [-0.25, -0.2) is 4.98 Å². The molecule has 0 radical (unpaired) electrons. The Kier molecular flexibility index (Phi) is 3.27. The third-order valence-electron chi connectivity index (χ3n) is 2.20. The minimum Gasteiger partial charge on any atom is -0.492 e. The Morgan fingerprint density at radius 1 is 1.21 bits per heavy atom. The number of fused-ring (bicyclic) bond motifs is 1. The molecule has 0 aliphatic rings. The highest BCUT2D eigenvalue weighted by Crippen LogP contribution is 2.23. The van der Waals surface area contributed by atoms with Crippen molar-refractivity contribution in [2.45, 2.75) is 13.3 Å². The third kappa shape index (κ3) is 2.59. The SMILES string of the molecule is CCOC(=O)Cc1nc2c(O)nc(N)nc2nc1O. The fraction of sp³-hybridized carbons (Fsp3) is 0.300. The number of nitrogens with two attached hydrogens (primary N) is 1. The molecule has 0 bridgehead atoms. The third-order valence-corrected chi connectivity index (χ3v) is 2.20. The van der Waals surface area contributed by atoms with Crippen molar-refractivity contribution in [3.05, 3.63) is 5.69 Å². The van der Waals surface area contributed by atoms with Gasteiger partial charge in [0.1, 0.15) is 5.69 Å². The van der Waals surface area contributed by atoms with E-state index in [2.05, 4.69) is 19.9 Å². The fourth-order valence-corrected chi connectivity index (χ4v) is 1.44. The second kappa shape index (κ2) is 4.88. The van der Waals surface area contributed by atoms with Gasteiger partial charge in [-0.15, -0.1) is 0 Å². The molecule has 0 unspecified atom stereocenters. The predicted molar refractivity (Wildman–Crippen MR) is 63.2 cm³/mol. The molecule has 19 heavy (non-hydrogen) atoms. The van der Waals surface area contributed by atoms with Gasteiger partial charge in [-0.2, -0.15) is 15.0 Å². The lowest BCUT2D eigenvalue weighted by Crippen LogP contribution is -2.10. The van der Waals surface area contributed by atoms with E-state index in [0.717, 1.165) is 0 Å². The molecule has 2 aromatic rings. The van der Waals surface area contributed by atoms with E-state index < -0.39 is 17.7 Å². The number of carbonyl (C=O) groups excluding carboxylic acids is 1. The minimum absolute atomic E-state index is 0.0328. The van der Waals surface area contributed by atoms with E-state index in [1.807, 2.05) is 0 Å². The van der Waals surface area contributed by atoms with Crippen molar-refractivity contribution in [2.75, 3.05) is 12.3 Å². The maximum Gasteiger partial charge on any atom is 0.312 e. The Hall–Kier alpha value is -2.71. The van der Waals surface area contributed by atoms with Crippen molar-refractivity contribution in [2.24, 2.45) is 0 Å². The molecule has 9 heteroatoms. The van der Waals surface area contributed by atoms with Crippen molar-refractivity contribution in [3.63, 3.8) is 0 Å². The normalized spacial score (nSPS) is 10.6. The maximum atomic E-state index is 11.3. The average molecular weight is 265 g/mol. The highest BCUT2D eigenvalue weighted by Gasteiger charge is 2.16. The molecule has 100 valence electrons. The zero-order valence-electron chi connectivity index (χ0n) is 9.99. The Bertz CT molecular complexity index is 645. The van der Waals surface area contributed by atoms with Gasteiger partial charge in [-0.3, -0.25) is 4.79 Å². The van der Waals surface area contributed by atoms with Crippen molar-refractivity contribution >= 4 is 23.1 Å². The molecule has 0 amide bonds. The van der Waals surface area contributed by atoms with Crippen LogP contribution in [-0.4, -0.2) is 42.7 Å². The van der Waals surface area contributed by atoms with Crippen LogP contribution in [0.5, 0.6) is 11.8 Å². The van der Waals surface area contributed by atoms with Crippen LogP contribution in [0, 0.1) is 0 Å². The van der Waals surface area contributed by atoms with Crippen LogP contribution in [0.15, 0.2) is 0 Å². The average Bonchev–Trinajstić information content (AvgIpc) is 2.31. The molecule has 0 atom stereocenters. The number of anilines is 1. The largest absolute Gasteiger partial charge is 0.492 e. The summed E-state index contributed by atoms with van der Waals surface area (Å²) < 4.78 is 4.73. The van der Waals surface area contributed by atoms with Crippen LogP contribution in [0.3, 0.4) is 0 Å². The van der Waals surface area contributed by atoms with Crippen LogP contribution in [0.1, 0.15) is 12.6 Å². The molecule has 0 spiro atoms. The molecular formula is C10H11N5O4. The number of hydrogen-bond donors (Lipinski definition) is 3. The number of esters is 1. The van der Waals surface area contributed by atoms with Crippen LogP contribution in [0.25, 0.3) is 11.2 Å². The maximum absolute atomic E-state index is 11.3. The molecule has 4 N–H and O–H groups in total. The number of aromatic nitrogens is 4. The molecule has 0 saturated heterocycles. The molecule has 0 saturated carbocycles. The van der Waals surface area contributed by atoms with E-state index in [1.165, 1.54) is 0 Å². The minimum atomic E-state index is -0.567. The van der Waals surface area contributed by atoms with Crippen LogP contribution in [-0.2, 0) is 16.0 Å². The van der Waals surface area contributed by atoms with Crippen molar-refractivity contribution < 1.29 is 19.7 Å². The first-order chi connectivity index (χ1) is 9.01. The van der Waals surface area contributed by atoms with Crippen LogP contribution < -0.4 is 5.73 Å². The first-order valence-corrected chi connectivity index (χ1v) is 5.39. The van der Waals surface area contributed by atoms with E-state index in [4.69, 9.17) is 10.5 Å². The highest BCUT2D eigenvalue weighted by atomic mass is 16.5. The van der Waals surface area contributed by atoms with Gasteiger partial charge >= 0.3 is 5.97 Å². The number of nitrogens with zero attached hydrogens (tertiary/aromatic N) is 4. The topological polar surface area (TPSA) is 144 Å². The standard InChI is InChI=1S/C10H11N5O4/c1-2-19-5(16)3-4-8(17)13-7-6(12-4)9(18)15-10(11)14-7/h2-3H2,1H3,(H4,11,13,14,15,17,18). The summed E-state index contributed by atoms with van der Waals surface area (Å²) in [7, 11) is 0. The highest BCUT2D eigenvalue weighted by molar-refractivity contribution is 5.79. The number of aromatic hydroxyl groups is 2. The van der Waals surface area contributed by atoms with E-state index >= 15 is 0 Å². The number of nitrogen functional groups attached to an aromatic ring is 1. The molecule has 0 aliphatic carbocycles. The monoisotopic (exact) mass is 265 g/mol. The molecule has 2 aromatic heterocycles. The van der Waals surface area contributed by atoms with Gasteiger partial charge < -0.3 is 20.7 Å². The van der Waals surface area contributed by atoms with Gasteiger partial charge in [0, 0.05) is 0 Å². The summed E-state index contributed by atoms with van der Waals surface area (Å²) >= 11 is 0. The van der Waals surface area contributed by atoms with E-state index in [9.17, 15) is 15.0 Å². The summed E-state index contributed by atoms with van der Waals surface area (Å²) in [6, 6.07) is 0. The lowest BCUT2D eigenvalue weighted by Gasteiger charge is -2.05. The summed E-state index contributed by atoms with van der Waals surface area (Å²) in [6.07, 6.45) is -0.271. The molecule has 0 fully saturated rings. The van der Waals surface area contributed by atoms with Gasteiger partial charge in [0.25, 0.3) is 0 Å². The van der Waals surface area contributed by atoms with Gasteiger partial charge in [-0.05, 0) is 6.92 Å². The van der Waals surface area contributed by atoms with Crippen LogP contribution in [0.2, 0.25) is 0 Å². The van der Waals surface area contributed by atoms with Gasteiger partial charge in [0.15, 0.2) is 11.2 Å². The summed E-state index contributed by atoms with van der Waals surface area (Å²) in [5, 5.41) is 19.2. The molecular weight excluding hydrogens is 254 g/mol. The van der Waals surface area contributed by atoms with Gasteiger partial charge in [0.05, 0.1) is 13.0 Å². The molecule has 2 heterocycles. The van der Waals surface area contributed by atoms with Crippen molar-refractivity contribution in [3.8, 4) is 11.8 Å². The summed E-state index contributed by atoms with van der Waals surface area (Å²) in [5.41, 5.74) is 5.18. The summed E-state index contributed by atoms with van der Waals surface area (Å²) in [5.74, 6) is -1.71. The molecule has 0 aromatic carbocycles. The summed E-state index contributed by atoms with van der Waals surface area (Å²) in [6.45, 7) is 1.87. The van der Waals surface area contributed by atoms with Crippen molar-refractivity contribution in [1.82, 2.24) is 19.9 Å². The Balaban J connectivity index is 2.46. The predicted octanol–water partition coefficient (Wildman–Crippen LogP) is -0.481. The van der Waals surface area contributed by atoms with Gasteiger partial charge in [0.2, 0.25) is 17.7 Å². The fourth-order valence-electron chi connectivity index (χ4n) is 1.44. The summed E-state index contributed by atoms with van der Waals surface area (Å²) in [4.78, 5) is 26.1. The first kappa shape index (κ1) is 12.7. The number of hydrogen-bond acceptors (Lipinski definition) is 9. The van der Waals surface area contributed by atoms with Crippen LogP contribution in [0.4, 0.5) is 5.95 Å². The Labute approximate surface area is 107 Å². The quantitative estimate of drug-likeness (QED) is 0.626. The Morgan fingerprint density at radius 2 is 1.95 bits per heavy atom. The van der Waals surface area contributed by atoms with E-state index in [-0.39, 0.29) is 35.8 Å². The molecule has 0 aliphatic heterocycles. The number of ether oxygens (including phenoxy) is 1. The molecule has 9 nitrogen and oxygen atoms in total. The van der Waals surface area contributed by atoms with Crippen LogP contribution >= 0.6 is 0 Å². The number of rotatable bonds is 3. The van der Waals surface area contributed by atoms with E-state index in [1.54, 1.807) is 6.92 Å². The zero-order valence-corrected chi connectivity index (χ0v) is 9.99. The second-order valence-corrected chi connectivity index (χ2v) is 3.55.